The van der Waals surface area contributed by atoms with Gasteiger partial charge in [0.1, 0.15) is 11.5 Å². The van der Waals surface area contributed by atoms with Crippen LogP contribution in [0.3, 0.4) is 0 Å². The molecule has 1 aliphatic heterocycles. The SMILES string of the molecule is CCCCCN1C(=O)C(=O)/C(=C(\O)c2c[nH]c3ccccc23)C1c1ccc(O)cc1. The van der Waals surface area contributed by atoms with E-state index in [4.69, 9.17) is 0 Å². The maximum atomic E-state index is 13.0. The van der Waals surface area contributed by atoms with E-state index in [1.165, 1.54) is 17.0 Å². The Kier molecular flexibility index (Phi) is 5.31. The summed E-state index contributed by atoms with van der Waals surface area (Å²) in [7, 11) is 0. The number of ketones is 1. The number of carbonyl (C=O) groups excluding carboxylic acids is 2. The normalized spacial score (nSPS) is 18.4. The Morgan fingerprint density at radius 3 is 2.53 bits per heavy atom. The number of para-hydroxylation sites is 1. The topological polar surface area (TPSA) is 93.6 Å². The number of amides is 1. The highest BCUT2D eigenvalue weighted by molar-refractivity contribution is 6.46. The average Bonchev–Trinajstić information content (AvgIpc) is 3.29. The number of aromatic amines is 1. The van der Waals surface area contributed by atoms with E-state index in [2.05, 4.69) is 11.9 Å². The van der Waals surface area contributed by atoms with Gasteiger partial charge < -0.3 is 20.1 Å². The number of nitrogens with zero attached hydrogens (tertiary/aromatic N) is 1. The van der Waals surface area contributed by atoms with Crippen molar-refractivity contribution in [3.63, 3.8) is 0 Å². The molecule has 30 heavy (non-hydrogen) atoms. The van der Waals surface area contributed by atoms with Crippen LogP contribution in [0.5, 0.6) is 5.75 Å². The number of hydrogen-bond donors (Lipinski definition) is 3. The lowest BCUT2D eigenvalue weighted by atomic mass is 9.95. The van der Waals surface area contributed by atoms with E-state index in [-0.39, 0.29) is 17.1 Å². The number of benzene rings is 2. The number of fused-ring (bicyclic) bond motifs is 1. The maximum Gasteiger partial charge on any atom is 0.295 e. The van der Waals surface area contributed by atoms with E-state index in [0.717, 1.165) is 30.2 Å². The van der Waals surface area contributed by atoms with Crippen molar-refractivity contribution in [3.8, 4) is 5.75 Å². The minimum absolute atomic E-state index is 0.0759. The zero-order chi connectivity index (χ0) is 21.3. The van der Waals surface area contributed by atoms with Crippen molar-refractivity contribution in [1.82, 2.24) is 9.88 Å². The molecule has 1 atom stereocenters. The van der Waals surface area contributed by atoms with Gasteiger partial charge in [-0.3, -0.25) is 9.59 Å². The van der Waals surface area contributed by atoms with E-state index in [1.54, 1.807) is 18.3 Å². The first-order valence-electron chi connectivity index (χ1n) is 10.2. The Labute approximate surface area is 174 Å². The molecule has 1 aromatic heterocycles. The second-order valence-electron chi connectivity index (χ2n) is 7.54. The fourth-order valence-corrected chi connectivity index (χ4v) is 4.06. The number of hydrogen-bond acceptors (Lipinski definition) is 4. The summed E-state index contributed by atoms with van der Waals surface area (Å²) in [5.41, 5.74) is 2.06. The summed E-state index contributed by atoms with van der Waals surface area (Å²) >= 11 is 0. The summed E-state index contributed by atoms with van der Waals surface area (Å²) in [5, 5.41) is 21.6. The summed E-state index contributed by atoms with van der Waals surface area (Å²) in [4.78, 5) is 30.5. The third-order valence-corrected chi connectivity index (χ3v) is 5.60. The molecule has 1 unspecified atom stereocenters. The van der Waals surface area contributed by atoms with Crippen LogP contribution in [0.4, 0.5) is 0 Å². The average molecular weight is 404 g/mol. The molecule has 1 fully saturated rings. The number of phenols is 1. The minimum Gasteiger partial charge on any atom is -0.508 e. The lowest BCUT2D eigenvalue weighted by molar-refractivity contribution is -0.139. The zero-order valence-electron chi connectivity index (χ0n) is 16.8. The minimum atomic E-state index is -0.698. The second kappa shape index (κ2) is 8.06. The van der Waals surface area contributed by atoms with E-state index >= 15 is 0 Å². The molecule has 154 valence electrons. The highest BCUT2D eigenvalue weighted by Crippen LogP contribution is 2.41. The molecular formula is C24H24N2O4. The number of aliphatic hydroxyl groups is 1. The number of aromatic nitrogens is 1. The van der Waals surface area contributed by atoms with Gasteiger partial charge in [0.25, 0.3) is 11.7 Å². The molecule has 2 heterocycles. The van der Waals surface area contributed by atoms with Crippen LogP contribution in [0.15, 0.2) is 60.3 Å². The van der Waals surface area contributed by atoms with Crippen LogP contribution in [-0.4, -0.2) is 38.3 Å². The monoisotopic (exact) mass is 404 g/mol. The first-order chi connectivity index (χ1) is 14.5. The van der Waals surface area contributed by atoms with Gasteiger partial charge in [0.15, 0.2) is 0 Å². The maximum absolute atomic E-state index is 13.0. The first-order valence-corrected chi connectivity index (χ1v) is 10.2. The summed E-state index contributed by atoms with van der Waals surface area (Å²) < 4.78 is 0. The van der Waals surface area contributed by atoms with Gasteiger partial charge in [0.2, 0.25) is 0 Å². The van der Waals surface area contributed by atoms with Crippen LogP contribution >= 0.6 is 0 Å². The molecule has 3 aromatic rings. The van der Waals surface area contributed by atoms with Crippen LogP contribution in [0.1, 0.15) is 43.4 Å². The number of aliphatic hydroxyl groups excluding tert-OH is 1. The van der Waals surface area contributed by atoms with Crippen molar-refractivity contribution in [2.24, 2.45) is 0 Å². The molecule has 1 aliphatic rings. The third-order valence-electron chi connectivity index (χ3n) is 5.60. The lowest BCUT2D eigenvalue weighted by Crippen LogP contribution is -2.30. The van der Waals surface area contributed by atoms with Crippen molar-refractivity contribution in [2.45, 2.75) is 32.2 Å². The quantitative estimate of drug-likeness (QED) is 0.244. The van der Waals surface area contributed by atoms with Crippen LogP contribution in [0.2, 0.25) is 0 Å². The van der Waals surface area contributed by atoms with Crippen LogP contribution in [0.25, 0.3) is 16.7 Å². The molecule has 6 heteroatoms. The van der Waals surface area contributed by atoms with E-state index in [1.807, 2.05) is 24.3 Å². The highest BCUT2D eigenvalue weighted by atomic mass is 16.3. The number of aromatic hydroxyl groups is 1. The molecular weight excluding hydrogens is 380 g/mol. The molecule has 1 saturated heterocycles. The summed E-state index contributed by atoms with van der Waals surface area (Å²) in [5.74, 6) is -1.39. The Hall–Kier alpha value is -3.54. The number of Topliss-reactive ketones (excluding diaryl/α,β-unsaturated/α-hetero) is 1. The lowest BCUT2D eigenvalue weighted by Gasteiger charge is -2.25. The fourth-order valence-electron chi connectivity index (χ4n) is 4.06. The molecule has 6 nitrogen and oxygen atoms in total. The van der Waals surface area contributed by atoms with Gasteiger partial charge in [0.05, 0.1) is 11.6 Å². The van der Waals surface area contributed by atoms with Crippen LogP contribution in [0, 0.1) is 0 Å². The van der Waals surface area contributed by atoms with Gasteiger partial charge >= 0.3 is 0 Å². The zero-order valence-corrected chi connectivity index (χ0v) is 16.8. The Morgan fingerprint density at radius 2 is 1.80 bits per heavy atom. The molecule has 1 amide bonds. The third kappa shape index (κ3) is 3.34. The predicted molar refractivity (Wildman–Crippen MR) is 115 cm³/mol. The van der Waals surface area contributed by atoms with Gasteiger partial charge in [-0.05, 0) is 30.2 Å². The van der Waals surface area contributed by atoms with Crippen LogP contribution < -0.4 is 0 Å². The van der Waals surface area contributed by atoms with Crippen molar-refractivity contribution in [3.05, 3.63) is 71.4 Å². The van der Waals surface area contributed by atoms with Crippen molar-refractivity contribution < 1.29 is 19.8 Å². The second-order valence-corrected chi connectivity index (χ2v) is 7.54. The van der Waals surface area contributed by atoms with Crippen molar-refractivity contribution in [2.75, 3.05) is 6.54 Å². The molecule has 4 rings (SSSR count). The largest absolute Gasteiger partial charge is 0.508 e. The number of H-pyrrole nitrogens is 1. The van der Waals surface area contributed by atoms with Gasteiger partial charge in [-0.15, -0.1) is 0 Å². The predicted octanol–water partition coefficient (Wildman–Crippen LogP) is 4.49. The Balaban J connectivity index is 1.86. The number of unbranched alkanes of at least 4 members (excludes halogenated alkanes) is 2. The van der Waals surface area contributed by atoms with Gasteiger partial charge in [-0.25, -0.2) is 0 Å². The first kappa shape index (κ1) is 19.8. The van der Waals surface area contributed by atoms with Gasteiger partial charge in [-0.2, -0.15) is 0 Å². The summed E-state index contributed by atoms with van der Waals surface area (Å²) in [6.45, 7) is 2.50. The van der Waals surface area contributed by atoms with E-state index < -0.39 is 17.7 Å². The Morgan fingerprint density at radius 1 is 1.07 bits per heavy atom. The van der Waals surface area contributed by atoms with Crippen molar-refractivity contribution in [1.29, 1.82) is 0 Å². The van der Waals surface area contributed by atoms with Gasteiger partial charge in [0, 0.05) is 29.2 Å². The number of rotatable bonds is 6. The van der Waals surface area contributed by atoms with Crippen molar-refractivity contribution >= 4 is 28.4 Å². The molecule has 0 spiro atoms. The van der Waals surface area contributed by atoms with Crippen LogP contribution in [-0.2, 0) is 9.59 Å². The standard InChI is InChI=1S/C24H24N2O4/c1-2-3-6-13-26-21(15-9-11-16(27)12-10-15)20(23(29)24(26)30)22(28)18-14-25-19-8-5-4-7-17(18)19/h4-5,7-12,14,21,25,27-28H,2-3,6,13H2,1H3/b22-20-. The van der Waals surface area contributed by atoms with E-state index in [9.17, 15) is 19.8 Å². The summed E-state index contributed by atoms with van der Waals surface area (Å²) in [6.07, 6.45) is 4.35. The molecule has 0 radical (unpaired) electrons. The fraction of sp³-hybridized carbons (Fsp3) is 0.250. The molecule has 0 bridgehead atoms. The number of likely N-dealkylation sites (tertiary alicyclic amines) is 1. The number of carbonyl (C=O) groups is 2. The highest BCUT2D eigenvalue weighted by Gasteiger charge is 2.45. The van der Waals surface area contributed by atoms with E-state index in [0.29, 0.717) is 17.7 Å². The molecule has 2 aromatic carbocycles. The smallest absolute Gasteiger partial charge is 0.295 e. The number of phenolic OH excluding ortho intramolecular Hbond substituents is 1. The van der Waals surface area contributed by atoms with Gasteiger partial charge in [-0.1, -0.05) is 50.1 Å². The Bertz CT molecular complexity index is 1130. The molecule has 0 aliphatic carbocycles. The summed E-state index contributed by atoms with van der Waals surface area (Å²) in [6, 6.07) is 13.2. The molecule has 3 N–H and O–H groups in total. The molecule has 0 saturated carbocycles. The number of nitrogens with one attached hydrogen (secondary N) is 1.